The molecule has 0 heterocycles. The molecule has 33 heteroatoms. The van der Waals surface area contributed by atoms with Gasteiger partial charge in [-0.3, -0.25) is 27.3 Å². The summed E-state index contributed by atoms with van der Waals surface area (Å²) in [4.78, 5) is 0. The van der Waals surface area contributed by atoms with Gasteiger partial charge in [-0.05, 0) is 0 Å². The lowest BCUT2D eigenvalue weighted by molar-refractivity contribution is 0.378. The van der Waals surface area contributed by atoms with Crippen molar-refractivity contribution >= 4 is 65.9 Å². The Kier molecular flexibility index (Phi) is 673. The average molecular weight is 636 g/mol. The summed E-state index contributed by atoms with van der Waals surface area (Å²) >= 11 is 0. The first-order chi connectivity index (χ1) is 6.00. The highest BCUT2D eigenvalue weighted by atomic mass is 32.3. The molecule has 0 atom stereocenters. The fourth-order valence-electron chi connectivity index (χ4n) is 0. The van der Waals surface area contributed by atoms with Crippen molar-refractivity contribution in [1.82, 2.24) is 0 Å². The van der Waals surface area contributed by atoms with Crippen LogP contribution in [0.1, 0.15) is 0 Å². The lowest BCUT2D eigenvalue weighted by Gasteiger charge is -1.68. The second kappa shape index (κ2) is 94.9. The van der Waals surface area contributed by atoms with Gasteiger partial charge in [0.1, 0.15) is 0 Å². The molecule has 0 aromatic rings. The molecule has 0 rings (SSSR count). The Morgan fingerprint density at radius 1 is 0.242 bits per heavy atom. The summed E-state index contributed by atoms with van der Waals surface area (Å²) in [6.45, 7) is 0. The molecule has 6 radical (unpaired) electrons. The molecule has 0 saturated carbocycles. The van der Waals surface area contributed by atoms with Crippen LogP contribution in [0.2, 0.25) is 0 Å². The highest BCUT2D eigenvalue weighted by Crippen LogP contribution is 1.60. The maximum absolute atomic E-state index is 8.74. The molecule has 28 nitrogen and oxygen atoms in total. The summed E-state index contributed by atoms with van der Waals surface area (Å²) in [5.41, 5.74) is 0. The van der Waals surface area contributed by atoms with Gasteiger partial charge in [-0.1, -0.05) is 0 Å². The van der Waals surface area contributed by atoms with E-state index < -0.39 is 31.2 Å². The smallest absolute Gasteiger partial charge is 0.394 e. The zero-order valence-electron chi connectivity index (χ0n) is 15.5. The normalized spacial score (nSPS) is 5.27. The fraction of sp³-hybridized carbons (Fsp3) is 0. The van der Waals surface area contributed by atoms with E-state index in [4.69, 9.17) is 52.6 Å². The second-order valence-electron chi connectivity index (χ2n) is 1.34. The van der Waals surface area contributed by atoms with Gasteiger partial charge in [0, 0.05) is 34.7 Å². The Balaban J connectivity index is -0.00000000271. The molecule has 33 heavy (non-hydrogen) atoms. The summed E-state index contributed by atoms with van der Waals surface area (Å²) in [6, 6.07) is 0. The van der Waals surface area contributed by atoms with Crippen molar-refractivity contribution in [3.8, 4) is 0 Å². The van der Waals surface area contributed by atoms with Crippen LogP contribution < -0.4 is 0 Å². The topological polar surface area (TPSA) is 728 Å². The first-order valence-corrected chi connectivity index (χ1v) is 6.29. The molecule has 0 fully saturated rings. The van der Waals surface area contributed by atoms with E-state index in [0.717, 1.165) is 0 Å². The molecule has 0 aromatic heterocycles. The van der Waals surface area contributed by atoms with Gasteiger partial charge in [-0.25, -0.2) is 0 Å². The summed E-state index contributed by atoms with van der Waals surface area (Å²) in [7, 11) is -14.0. The third kappa shape index (κ3) is 23700000. The van der Waals surface area contributed by atoms with Gasteiger partial charge >= 0.3 is 31.2 Å². The van der Waals surface area contributed by atoms with Crippen LogP contribution in [-0.2, 0) is 31.2 Å². The van der Waals surface area contributed by atoms with E-state index in [1.807, 2.05) is 0 Å². The van der Waals surface area contributed by atoms with E-state index in [2.05, 4.69) is 0 Å². The minimum Gasteiger partial charge on any atom is -0.412 e. The highest BCUT2D eigenvalue weighted by molar-refractivity contribution is 7.80. The Morgan fingerprint density at radius 2 is 0.242 bits per heavy atom. The predicted octanol–water partition coefficient (Wildman–Crippen LogP) is -15.9. The average Bonchev–Trinajstić information content (AvgIpc) is 1.41. The highest BCUT2D eigenvalue weighted by Gasteiger charge is 1.85. The van der Waals surface area contributed by atoms with Crippen LogP contribution >= 0.6 is 0 Å². The number of hydrogen-bond acceptors (Lipinski definition) is 6. The van der Waals surface area contributed by atoms with Gasteiger partial charge in [0.25, 0.3) is 0 Å². The Labute approximate surface area is 206 Å². The maximum Gasteiger partial charge on any atom is 0.394 e. The van der Waals surface area contributed by atoms with E-state index in [0.29, 0.717) is 0 Å². The summed E-state index contributed by atoms with van der Waals surface area (Å²) in [5.74, 6) is 0. The largest absolute Gasteiger partial charge is 0.412 e. The quantitative estimate of drug-likeness (QED) is 0.107. The van der Waals surface area contributed by atoms with Crippen LogP contribution in [0.15, 0.2) is 0 Å². The molecule has 0 bridgehead atoms. The Hall–Kier alpha value is 0.0349. The Morgan fingerprint density at radius 3 is 0.242 bits per heavy atom. The van der Waals surface area contributed by atoms with Crippen LogP contribution in [0.5, 0.6) is 0 Å². The van der Waals surface area contributed by atoms with Crippen molar-refractivity contribution in [1.29, 1.82) is 0 Å². The van der Waals surface area contributed by atoms with Crippen LogP contribution in [-0.4, -0.2) is 175 Å². The number of hydrogen-bond donors (Lipinski definition) is 6. The van der Waals surface area contributed by atoms with E-state index in [1.165, 1.54) is 0 Å². The minimum absolute atomic E-state index is 0. The third-order valence-corrected chi connectivity index (χ3v) is 0. The van der Waals surface area contributed by atoms with Crippen LogP contribution in [0.4, 0.5) is 0 Å². The molecule has 0 saturated heterocycles. The fourth-order valence-corrected chi connectivity index (χ4v) is 0. The monoisotopic (exact) mass is 636 g/mol. The summed E-state index contributed by atoms with van der Waals surface area (Å²) in [6.07, 6.45) is 0. The number of rotatable bonds is 0. The first-order valence-electron chi connectivity index (χ1n) is 2.10. The maximum atomic E-state index is 8.74. The van der Waals surface area contributed by atoms with Gasteiger partial charge in [-0.15, -0.1) is 0 Å². The van der Waals surface area contributed by atoms with Gasteiger partial charge in [0.15, 0.2) is 0 Å². The SMILES string of the molecule is O.O.O.O.O.O.O.O.O.O.O.O.O.O.O.O.O=S(=O)(O)O.O=S(=O)(O)O.O=S(=O)(O)O.[Al].[Al]. The molecular formula is H38Al2O28S3. The van der Waals surface area contributed by atoms with Crippen molar-refractivity contribution in [3.05, 3.63) is 0 Å². The predicted molar refractivity (Wildman–Crippen MR) is 112 cm³/mol. The molecule has 0 aliphatic carbocycles. The minimum atomic E-state index is -4.67. The lowest BCUT2D eigenvalue weighted by Crippen LogP contribution is -1.89. The van der Waals surface area contributed by atoms with Crippen molar-refractivity contribution in [2.24, 2.45) is 0 Å². The van der Waals surface area contributed by atoms with Crippen molar-refractivity contribution in [3.63, 3.8) is 0 Å². The molecule has 0 spiro atoms. The molecule has 0 amide bonds. The zero-order valence-corrected chi connectivity index (χ0v) is 20.3. The Bertz CT molecular complexity index is 346. The van der Waals surface area contributed by atoms with E-state index in [-0.39, 0.29) is 122 Å². The van der Waals surface area contributed by atoms with Gasteiger partial charge in [0.2, 0.25) is 0 Å². The molecule has 0 aliphatic heterocycles. The van der Waals surface area contributed by atoms with Gasteiger partial charge in [-0.2, -0.15) is 25.3 Å². The van der Waals surface area contributed by atoms with E-state index in [1.54, 1.807) is 0 Å². The summed E-state index contributed by atoms with van der Waals surface area (Å²) in [5, 5.41) is 0. The lowest BCUT2D eigenvalue weighted by atomic mass is 15.8. The zero-order chi connectivity index (χ0) is 13.5. The summed E-state index contributed by atoms with van der Waals surface area (Å²) < 4.78 is 94.8. The second-order valence-corrected chi connectivity index (χ2v) is 4.03. The van der Waals surface area contributed by atoms with Crippen molar-refractivity contribution < 1.29 is 140 Å². The molecule has 0 unspecified atom stereocenters. The van der Waals surface area contributed by atoms with Gasteiger partial charge in [0.05, 0.1) is 0 Å². The van der Waals surface area contributed by atoms with Gasteiger partial charge < -0.3 is 87.6 Å². The van der Waals surface area contributed by atoms with Crippen LogP contribution in [0.25, 0.3) is 0 Å². The molecular weight excluding hydrogens is 598 g/mol. The van der Waals surface area contributed by atoms with Crippen LogP contribution in [0.3, 0.4) is 0 Å². The molecule has 230 valence electrons. The van der Waals surface area contributed by atoms with Crippen molar-refractivity contribution in [2.75, 3.05) is 0 Å². The molecule has 0 aliphatic rings. The molecule has 38 N–H and O–H groups in total. The molecule has 0 aromatic carbocycles. The van der Waals surface area contributed by atoms with Crippen molar-refractivity contribution in [2.45, 2.75) is 0 Å². The first kappa shape index (κ1) is 234. The van der Waals surface area contributed by atoms with E-state index in [9.17, 15) is 0 Å². The third-order valence-electron chi connectivity index (χ3n) is 0. The standard InChI is InChI=1S/2Al.3H2O4S.16H2O/c;;3*1-5(2,3)4;;;;;;;;;;;;;;;;/h;;3*(H2,1,2,3,4);16*1H2. The van der Waals surface area contributed by atoms with Crippen LogP contribution in [0, 0.1) is 0 Å². The van der Waals surface area contributed by atoms with E-state index >= 15 is 0 Å².